The maximum Gasteiger partial charge on any atom is 0.146 e. The van der Waals surface area contributed by atoms with Gasteiger partial charge in [-0.15, -0.1) is 0 Å². The lowest BCUT2D eigenvalue weighted by Gasteiger charge is -2.07. The minimum Gasteiger partial charge on any atom is -0.384 e. The normalized spacial score (nSPS) is 10.1. The fourth-order valence-electron chi connectivity index (χ4n) is 1.46. The Morgan fingerprint density at radius 3 is 3.00 bits per heavy atom. The second-order valence-electron chi connectivity index (χ2n) is 3.67. The Morgan fingerprint density at radius 1 is 1.61 bits per heavy atom. The zero-order valence-corrected chi connectivity index (χ0v) is 10.4. The molecule has 0 radical (unpaired) electrons. The minimum atomic E-state index is 0.308. The molecule has 6 nitrogen and oxygen atoms in total. The van der Waals surface area contributed by atoms with Crippen LogP contribution >= 0.6 is 11.6 Å². The summed E-state index contributed by atoms with van der Waals surface area (Å²) in [5.41, 5.74) is 7.04. The Morgan fingerprint density at radius 2 is 2.39 bits per heavy atom. The molecule has 0 aliphatic heterocycles. The summed E-state index contributed by atoms with van der Waals surface area (Å²) in [5, 5.41) is 16.2. The fraction of sp³-hybridized carbons (Fsp3) is 0.182. The van der Waals surface area contributed by atoms with Gasteiger partial charge in [0.05, 0.1) is 11.8 Å². The highest BCUT2D eigenvalue weighted by Crippen LogP contribution is 2.23. The zero-order chi connectivity index (χ0) is 13.1. The molecule has 2 aromatic rings. The number of nitrogens with zero attached hydrogens (tertiary/aromatic N) is 4. The molecule has 0 saturated heterocycles. The van der Waals surface area contributed by atoms with Gasteiger partial charge >= 0.3 is 0 Å². The van der Waals surface area contributed by atoms with Gasteiger partial charge in [-0.25, -0.2) is 4.98 Å². The van der Waals surface area contributed by atoms with Crippen molar-refractivity contribution in [1.29, 1.82) is 5.26 Å². The third-order valence-electron chi connectivity index (χ3n) is 2.52. The van der Waals surface area contributed by atoms with E-state index in [0.29, 0.717) is 28.8 Å². The summed E-state index contributed by atoms with van der Waals surface area (Å²) >= 11 is 6.02. The molecule has 0 aliphatic carbocycles. The van der Waals surface area contributed by atoms with Gasteiger partial charge in [-0.3, -0.25) is 4.68 Å². The lowest BCUT2D eigenvalue weighted by molar-refractivity contribution is 0.778. The van der Waals surface area contributed by atoms with Gasteiger partial charge in [0.2, 0.25) is 0 Å². The van der Waals surface area contributed by atoms with Crippen LogP contribution in [-0.2, 0) is 13.6 Å². The highest BCUT2D eigenvalue weighted by Gasteiger charge is 2.09. The lowest BCUT2D eigenvalue weighted by Crippen LogP contribution is -2.05. The first-order chi connectivity index (χ1) is 8.63. The van der Waals surface area contributed by atoms with E-state index in [9.17, 15) is 0 Å². The number of anilines is 2. The second-order valence-corrected chi connectivity index (χ2v) is 4.04. The molecule has 3 N–H and O–H groups in total. The highest BCUT2D eigenvalue weighted by molar-refractivity contribution is 6.34. The molecule has 0 spiro atoms. The highest BCUT2D eigenvalue weighted by atomic mass is 35.5. The van der Waals surface area contributed by atoms with Gasteiger partial charge in [-0.05, 0) is 6.07 Å². The molecule has 2 aromatic heterocycles. The largest absolute Gasteiger partial charge is 0.384 e. The van der Waals surface area contributed by atoms with E-state index in [4.69, 9.17) is 22.6 Å². The maximum absolute atomic E-state index is 8.85. The summed E-state index contributed by atoms with van der Waals surface area (Å²) in [5.74, 6) is 1.04. The van der Waals surface area contributed by atoms with E-state index in [1.54, 1.807) is 24.0 Å². The van der Waals surface area contributed by atoms with Crippen LogP contribution in [0.25, 0.3) is 0 Å². The van der Waals surface area contributed by atoms with Gasteiger partial charge in [0.1, 0.15) is 22.7 Å². The molecule has 2 rings (SSSR count). The summed E-state index contributed by atoms with van der Waals surface area (Å²) in [6.45, 7) is 0.446. The molecule has 18 heavy (non-hydrogen) atoms. The Bertz CT molecular complexity index is 612. The number of halogens is 1. The summed E-state index contributed by atoms with van der Waals surface area (Å²) in [6, 6.07) is 3.56. The fourth-order valence-corrected chi connectivity index (χ4v) is 1.68. The predicted molar refractivity (Wildman–Crippen MR) is 68.9 cm³/mol. The molecule has 0 fully saturated rings. The average Bonchev–Trinajstić information content (AvgIpc) is 2.69. The monoisotopic (exact) mass is 262 g/mol. The van der Waals surface area contributed by atoms with E-state index in [1.165, 1.54) is 6.20 Å². The van der Waals surface area contributed by atoms with Crippen molar-refractivity contribution in [3.63, 3.8) is 0 Å². The minimum absolute atomic E-state index is 0.308. The third kappa shape index (κ3) is 2.21. The van der Waals surface area contributed by atoms with Gasteiger partial charge in [-0.2, -0.15) is 10.4 Å². The molecule has 92 valence electrons. The van der Waals surface area contributed by atoms with E-state index < -0.39 is 0 Å². The SMILES string of the molecule is Cn1ncc(CNc2nccc(C#N)c2Cl)c1N. The number of nitrogens with two attached hydrogens (primary N) is 1. The molecule has 7 heteroatoms. The van der Waals surface area contributed by atoms with Crippen LogP contribution in [0.2, 0.25) is 5.02 Å². The number of nitrogens with one attached hydrogen (secondary N) is 1. The molecule has 0 unspecified atom stereocenters. The predicted octanol–water partition coefficient (Wildman–Crippen LogP) is 1.53. The van der Waals surface area contributed by atoms with Crippen molar-refractivity contribution in [3.05, 3.63) is 34.6 Å². The van der Waals surface area contributed by atoms with Crippen molar-refractivity contribution in [2.45, 2.75) is 6.54 Å². The molecular weight excluding hydrogens is 252 g/mol. The number of aryl methyl sites for hydroxylation is 1. The van der Waals surface area contributed by atoms with E-state index in [2.05, 4.69) is 15.4 Å². The molecule has 0 amide bonds. The Kier molecular flexibility index (Phi) is 3.35. The van der Waals surface area contributed by atoms with Crippen LogP contribution in [0.15, 0.2) is 18.5 Å². The molecule has 0 aliphatic rings. The van der Waals surface area contributed by atoms with Crippen molar-refractivity contribution in [2.24, 2.45) is 7.05 Å². The van der Waals surface area contributed by atoms with E-state index >= 15 is 0 Å². The van der Waals surface area contributed by atoms with Crippen LogP contribution in [-0.4, -0.2) is 14.8 Å². The standard InChI is InChI=1S/C11H11ClN6/c1-18-10(14)8(6-17-18)5-16-11-9(12)7(4-13)2-3-15-11/h2-3,6H,5,14H2,1H3,(H,15,16). The van der Waals surface area contributed by atoms with Crippen LogP contribution in [0.3, 0.4) is 0 Å². The Balaban J connectivity index is 2.16. The lowest BCUT2D eigenvalue weighted by atomic mass is 10.2. The van der Waals surface area contributed by atoms with E-state index in [0.717, 1.165) is 5.56 Å². The van der Waals surface area contributed by atoms with Gasteiger partial charge in [0.25, 0.3) is 0 Å². The van der Waals surface area contributed by atoms with Crippen molar-refractivity contribution in [2.75, 3.05) is 11.1 Å². The van der Waals surface area contributed by atoms with Crippen molar-refractivity contribution in [1.82, 2.24) is 14.8 Å². The smallest absolute Gasteiger partial charge is 0.146 e. The molecule has 0 aromatic carbocycles. The number of rotatable bonds is 3. The molecular formula is C11H11ClN6. The number of hydrogen-bond acceptors (Lipinski definition) is 5. The molecule has 0 bridgehead atoms. The van der Waals surface area contributed by atoms with Gasteiger partial charge < -0.3 is 11.1 Å². The first-order valence-electron chi connectivity index (χ1n) is 5.18. The van der Waals surface area contributed by atoms with Crippen LogP contribution < -0.4 is 11.1 Å². The molecule has 0 atom stereocenters. The first-order valence-corrected chi connectivity index (χ1v) is 5.56. The third-order valence-corrected chi connectivity index (χ3v) is 2.90. The zero-order valence-electron chi connectivity index (χ0n) is 9.68. The average molecular weight is 263 g/mol. The number of nitriles is 1. The van der Waals surface area contributed by atoms with Crippen LogP contribution in [0, 0.1) is 11.3 Å². The maximum atomic E-state index is 8.85. The summed E-state index contributed by atoms with van der Waals surface area (Å²) < 4.78 is 1.58. The second kappa shape index (κ2) is 4.94. The van der Waals surface area contributed by atoms with Gasteiger partial charge in [0.15, 0.2) is 0 Å². The van der Waals surface area contributed by atoms with Gasteiger partial charge in [-0.1, -0.05) is 11.6 Å². The molecule has 0 saturated carbocycles. The van der Waals surface area contributed by atoms with Crippen LogP contribution in [0.5, 0.6) is 0 Å². The van der Waals surface area contributed by atoms with E-state index in [-0.39, 0.29) is 0 Å². The Hall–Kier alpha value is -2.26. The van der Waals surface area contributed by atoms with Gasteiger partial charge in [0, 0.05) is 25.4 Å². The number of nitrogen functional groups attached to an aromatic ring is 1. The number of hydrogen-bond donors (Lipinski definition) is 2. The van der Waals surface area contributed by atoms with Crippen molar-refractivity contribution < 1.29 is 0 Å². The van der Waals surface area contributed by atoms with Crippen molar-refractivity contribution in [3.8, 4) is 6.07 Å². The Labute approximate surface area is 109 Å². The summed E-state index contributed by atoms with van der Waals surface area (Å²) in [6.07, 6.45) is 3.20. The first kappa shape index (κ1) is 12.2. The van der Waals surface area contributed by atoms with Crippen LogP contribution in [0.4, 0.5) is 11.6 Å². The summed E-state index contributed by atoms with van der Waals surface area (Å²) in [7, 11) is 1.76. The van der Waals surface area contributed by atoms with E-state index in [1.807, 2.05) is 6.07 Å². The summed E-state index contributed by atoms with van der Waals surface area (Å²) in [4.78, 5) is 4.08. The number of aromatic nitrogens is 3. The quantitative estimate of drug-likeness (QED) is 0.875. The van der Waals surface area contributed by atoms with Crippen LogP contribution in [0.1, 0.15) is 11.1 Å². The number of pyridine rings is 1. The topological polar surface area (TPSA) is 92.5 Å². The van der Waals surface area contributed by atoms with Crippen molar-refractivity contribution >= 4 is 23.2 Å². The molecule has 2 heterocycles.